The summed E-state index contributed by atoms with van der Waals surface area (Å²) in [5.41, 5.74) is 1.83. The maximum atomic E-state index is 14.5. The fraction of sp³-hybridized carbons (Fsp3) is 0.489. The molecule has 0 aliphatic carbocycles. The molecule has 22 heteroatoms. The highest BCUT2D eigenvalue weighted by Crippen LogP contribution is 2.34. The second-order valence-electron chi connectivity index (χ2n) is 16.8. The predicted molar refractivity (Wildman–Crippen MR) is 254 cm³/mol. The van der Waals surface area contributed by atoms with Gasteiger partial charge in [0.25, 0.3) is 33.8 Å². The molecule has 3 aromatic rings. The molecule has 69 heavy (non-hydrogen) atoms. The van der Waals surface area contributed by atoms with E-state index in [1.54, 1.807) is 40.7 Å². The van der Waals surface area contributed by atoms with Crippen LogP contribution in [0.1, 0.15) is 75.7 Å². The van der Waals surface area contributed by atoms with E-state index in [0.717, 1.165) is 16.9 Å². The molecule has 6 amide bonds. The summed E-state index contributed by atoms with van der Waals surface area (Å²) in [6.07, 6.45) is 0.834. The van der Waals surface area contributed by atoms with Gasteiger partial charge in [-0.1, -0.05) is 37.6 Å². The zero-order valence-electron chi connectivity index (χ0n) is 39.2. The summed E-state index contributed by atoms with van der Waals surface area (Å²) < 4.78 is 54.6. The number of fused-ring (bicyclic) bond motifs is 1. The molecule has 2 unspecified atom stereocenters. The first-order chi connectivity index (χ1) is 33.1. The predicted octanol–water partition coefficient (Wildman–Crippen LogP) is 3.50. The van der Waals surface area contributed by atoms with Crippen molar-refractivity contribution in [3.63, 3.8) is 0 Å². The van der Waals surface area contributed by atoms with E-state index in [9.17, 15) is 33.0 Å². The smallest absolute Gasteiger partial charge is 0.283 e. The zero-order valence-corrected chi connectivity index (χ0v) is 40.8. The number of ether oxygens (including phenoxy) is 5. The van der Waals surface area contributed by atoms with Crippen molar-refractivity contribution in [3.8, 4) is 11.5 Å². The molecule has 3 N–H and O–H groups in total. The molecule has 3 aromatic carbocycles. The third-order valence-electron chi connectivity index (χ3n) is 11.3. The number of piperidine rings is 1. The Hall–Kier alpha value is -5.52. The molecule has 3 atom stereocenters. The van der Waals surface area contributed by atoms with Crippen molar-refractivity contribution in [3.05, 3.63) is 87.9 Å². The summed E-state index contributed by atoms with van der Waals surface area (Å²) >= 11 is 6.54. The minimum absolute atomic E-state index is 0.00103. The second kappa shape index (κ2) is 25.4. The monoisotopic (exact) mass is 997 g/mol. The summed E-state index contributed by atoms with van der Waals surface area (Å²) in [5.74, 6) is -2.81. The Morgan fingerprint density at radius 2 is 1.51 bits per heavy atom. The lowest BCUT2D eigenvalue weighted by atomic mass is 10.0. The summed E-state index contributed by atoms with van der Waals surface area (Å²) in [4.78, 5) is 78.2. The highest BCUT2D eigenvalue weighted by atomic mass is 35.5. The van der Waals surface area contributed by atoms with Crippen molar-refractivity contribution in [2.45, 2.75) is 51.1 Å². The van der Waals surface area contributed by atoms with E-state index in [2.05, 4.69) is 25.2 Å². The van der Waals surface area contributed by atoms with Gasteiger partial charge in [0.1, 0.15) is 17.5 Å². The molecule has 3 aliphatic rings. The van der Waals surface area contributed by atoms with Crippen molar-refractivity contribution in [2.75, 3.05) is 99.7 Å². The average Bonchev–Trinajstić information content (AvgIpc) is 3.92. The van der Waals surface area contributed by atoms with E-state index in [1.807, 2.05) is 34.0 Å². The Balaban J connectivity index is 0.785. The van der Waals surface area contributed by atoms with Crippen LogP contribution in [0.15, 0.2) is 65.0 Å². The molecule has 20 nitrogen and oxygen atoms in total. The number of halogens is 1. The Bertz CT molecular complexity index is 2450. The van der Waals surface area contributed by atoms with Crippen LogP contribution in [0.3, 0.4) is 0 Å². The number of nitrogens with one attached hydrogen (secondary N) is 3. The normalized spacial score (nSPS) is 18.0. The number of carbonyl (C=O) groups is 6. The van der Waals surface area contributed by atoms with Gasteiger partial charge >= 0.3 is 0 Å². The summed E-state index contributed by atoms with van der Waals surface area (Å²) in [7, 11) is 0.599. The molecule has 2 fully saturated rings. The van der Waals surface area contributed by atoms with Crippen LogP contribution >= 0.6 is 11.6 Å². The van der Waals surface area contributed by atoms with E-state index in [0.29, 0.717) is 68.1 Å². The van der Waals surface area contributed by atoms with E-state index in [-0.39, 0.29) is 80.5 Å². The molecular weight excluding hydrogens is 938 g/mol. The first-order valence-corrected chi connectivity index (χ1v) is 24.5. The molecule has 0 spiro atoms. The number of hydrogen-bond acceptors (Lipinski definition) is 15. The quantitative estimate of drug-likeness (QED) is 0.0772. The number of hydrogen-bond donors (Lipinski definition) is 3. The Morgan fingerprint density at radius 3 is 2.12 bits per heavy atom. The highest BCUT2D eigenvalue weighted by Gasteiger charge is 2.46. The summed E-state index contributed by atoms with van der Waals surface area (Å²) in [6, 6.07) is 15.3. The van der Waals surface area contributed by atoms with E-state index < -0.39 is 52.4 Å². The van der Waals surface area contributed by atoms with Crippen molar-refractivity contribution in [1.82, 2.24) is 30.1 Å². The number of rotatable bonds is 26. The molecule has 3 heterocycles. The van der Waals surface area contributed by atoms with E-state index in [4.69, 9.17) is 39.5 Å². The van der Waals surface area contributed by atoms with Gasteiger partial charge in [0, 0.05) is 49.2 Å². The van der Waals surface area contributed by atoms with Gasteiger partial charge in [0.05, 0.1) is 69.7 Å². The Labute approximate surface area is 407 Å². The number of carbonyl (C=O) groups excluding carboxylic acids is 6. The van der Waals surface area contributed by atoms with Crippen LogP contribution < -0.4 is 24.9 Å². The lowest BCUT2D eigenvalue weighted by molar-refractivity contribution is -0.136. The van der Waals surface area contributed by atoms with Crippen molar-refractivity contribution in [2.24, 2.45) is 4.36 Å². The van der Waals surface area contributed by atoms with Crippen LogP contribution in [0.5, 0.6) is 11.5 Å². The largest absolute Gasteiger partial charge is 0.483 e. The molecule has 3 aliphatic heterocycles. The lowest BCUT2D eigenvalue weighted by Crippen LogP contribution is -2.54. The van der Waals surface area contributed by atoms with Crippen LogP contribution in [0.2, 0.25) is 5.02 Å². The molecule has 0 bridgehead atoms. The van der Waals surface area contributed by atoms with Crippen LogP contribution in [0.25, 0.3) is 0 Å². The maximum Gasteiger partial charge on any atom is 0.283 e. The first-order valence-electron chi connectivity index (χ1n) is 22.8. The van der Waals surface area contributed by atoms with Gasteiger partial charge in [-0.3, -0.25) is 39.0 Å². The SMILES string of the molecule is CC(C)c1ccc(N=S(=O)(Oc2ccc(C(=O)NCCOCCOCCOCCOCCNC(=O)COc3cccc4c3C(=O)N(C3CCC(=O)NC3=O)C4=O)cc2)N2CC[C@H](N(C)C)C2)cc1Cl. The van der Waals surface area contributed by atoms with Gasteiger partial charge in [-0.05, 0) is 86.9 Å². The highest BCUT2D eigenvalue weighted by molar-refractivity contribution is 7.87. The molecule has 0 saturated carbocycles. The van der Waals surface area contributed by atoms with Gasteiger partial charge in [-0.2, -0.15) is 12.9 Å². The van der Waals surface area contributed by atoms with Crippen molar-refractivity contribution >= 4 is 62.9 Å². The van der Waals surface area contributed by atoms with Crippen molar-refractivity contribution < 1.29 is 60.8 Å². The standard InChI is InChI=1S/C47H60ClN7O13S/c1-31(2)36-13-10-33(28-38(36)48)52-69(62,54-19-16-34(29-54)53(3)4)68-35-11-8-32(9-12-35)44(58)50-18-21-64-23-25-66-27-26-65-24-22-63-20-17-49-42(57)30-67-40-7-5-6-37-43(40)47(61)55(46(37)60)39-14-15-41(56)51-45(39)59/h5-13,28,31,34,39H,14-27,29-30H2,1-4H3,(H,49,57)(H,50,58)(H,51,56,59)/t34-,39?,69?/m0/s1. The first kappa shape index (κ1) is 52.8. The Morgan fingerprint density at radius 1 is 0.855 bits per heavy atom. The number of amides is 6. The summed E-state index contributed by atoms with van der Waals surface area (Å²) in [6.45, 7) is 7.60. The number of nitrogens with zero attached hydrogens (tertiary/aromatic N) is 4. The molecule has 374 valence electrons. The zero-order chi connectivity index (χ0) is 49.5. The lowest BCUT2D eigenvalue weighted by Gasteiger charge is -2.27. The second-order valence-corrected chi connectivity index (χ2v) is 18.9. The maximum absolute atomic E-state index is 14.5. The molecule has 0 aromatic heterocycles. The average molecular weight is 999 g/mol. The van der Waals surface area contributed by atoms with Gasteiger partial charge in [0.15, 0.2) is 6.61 Å². The number of benzene rings is 3. The van der Waals surface area contributed by atoms with Crippen LogP contribution in [-0.4, -0.2) is 166 Å². The molecule has 0 radical (unpaired) electrons. The molecule has 6 rings (SSSR count). The van der Waals surface area contributed by atoms with Gasteiger partial charge < -0.3 is 43.4 Å². The third kappa shape index (κ3) is 14.5. The summed E-state index contributed by atoms with van der Waals surface area (Å²) in [5, 5.41) is 8.16. The molecule has 2 saturated heterocycles. The fourth-order valence-electron chi connectivity index (χ4n) is 7.59. The van der Waals surface area contributed by atoms with Crippen molar-refractivity contribution in [1.29, 1.82) is 0 Å². The van der Waals surface area contributed by atoms with Gasteiger partial charge in [0.2, 0.25) is 11.8 Å². The Kier molecular flexibility index (Phi) is 19.4. The van der Waals surface area contributed by atoms with E-state index in [1.165, 1.54) is 18.2 Å². The molecular formula is C47H60ClN7O13S. The third-order valence-corrected chi connectivity index (χ3v) is 13.5. The van der Waals surface area contributed by atoms with Gasteiger partial charge in [-0.15, -0.1) is 0 Å². The number of imide groups is 2. The number of likely N-dealkylation sites (N-methyl/N-ethyl adjacent to an activating group) is 1. The minimum atomic E-state index is -3.38. The van der Waals surface area contributed by atoms with Gasteiger partial charge in [-0.25, -0.2) is 0 Å². The topological polar surface area (TPSA) is 233 Å². The van der Waals surface area contributed by atoms with Crippen LogP contribution in [0.4, 0.5) is 5.69 Å². The van der Waals surface area contributed by atoms with E-state index >= 15 is 0 Å². The fourth-order valence-corrected chi connectivity index (χ4v) is 9.68. The van der Waals surface area contributed by atoms with Crippen LogP contribution in [0, 0.1) is 0 Å². The minimum Gasteiger partial charge on any atom is -0.483 e. The van der Waals surface area contributed by atoms with Crippen LogP contribution in [-0.2, 0) is 43.5 Å².